The van der Waals surface area contributed by atoms with Gasteiger partial charge in [-0.2, -0.15) is 5.10 Å². The van der Waals surface area contributed by atoms with E-state index in [0.717, 1.165) is 4.90 Å². The van der Waals surface area contributed by atoms with Gasteiger partial charge < -0.3 is 9.64 Å². The fourth-order valence-corrected chi connectivity index (χ4v) is 3.19. The fraction of sp³-hybridized carbons (Fsp3) is 0.278. The van der Waals surface area contributed by atoms with Gasteiger partial charge in [0.2, 0.25) is 11.8 Å². The molecule has 1 aromatic heterocycles. The number of nitrogens with zero attached hydrogens (tertiary/aromatic N) is 4. The summed E-state index contributed by atoms with van der Waals surface area (Å²) in [7, 11) is 0. The number of carbonyl (C=O) groups excluding carboxylic acids is 3. The molecule has 2 aliphatic rings. The number of likely N-dealkylation sites (tertiary alicyclic amines) is 1. The van der Waals surface area contributed by atoms with Gasteiger partial charge >= 0.3 is 0 Å². The first-order valence-corrected chi connectivity index (χ1v) is 8.31. The molecule has 1 saturated heterocycles. The molecule has 1 atom stereocenters. The minimum Gasteiger partial charge on any atom is -0.471 e. The lowest BCUT2D eigenvalue weighted by Crippen LogP contribution is -2.42. The van der Waals surface area contributed by atoms with Crippen molar-refractivity contribution in [2.75, 3.05) is 19.6 Å². The van der Waals surface area contributed by atoms with E-state index in [1.54, 1.807) is 47.5 Å². The smallest absolute Gasteiger partial charge is 0.262 e. The third-order valence-corrected chi connectivity index (χ3v) is 4.50. The van der Waals surface area contributed by atoms with Crippen LogP contribution in [0.15, 0.2) is 42.6 Å². The Hall–Kier alpha value is -3.29. The Morgan fingerprint density at radius 1 is 1.12 bits per heavy atom. The van der Waals surface area contributed by atoms with Gasteiger partial charge in [-0.1, -0.05) is 12.1 Å². The highest BCUT2D eigenvalue weighted by Gasteiger charge is 2.38. The van der Waals surface area contributed by atoms with E-state index in [2.05, 4.69) is 10.2 Å². The molecular weight excluding hydrogens is 336 g/mol. The second-order valence-electron chi connectivity index (χ2n) is 6.17. The largest absolute Gasteiger partial charge is 0.471 e. The van der Waals surface area contributed by atoms with Crippen LogP contribution in [0.2, 0.25) is 0 Å². The van der Waals surface area contributed by atoms with Crippen LogP contribution in [0.5, 0.6) is 5.88 Å². The quantitative estimate of drug-likeness (QED) is 0.754. The zero-order valence-corrected chi connectivity index (χ0v) is 13.9. The minimum atomic E-state index is -0.425. The van der Waals surface area contributed by atoms with Gasteiger partial charge in [-0.15, -0.1) is 5.10 Å². The molecule has 8 nitrogen and oxygen atoms in total. The van der Waals surface area contributed by atoms with Gasteiger partial charge in [-0.3, -0.25) is 19.3 Å². The molecule has 2 aromatic rings. The average molecular weight is 352 g/mol. The first kappa shape index (κ1) is 16.2. The fourth-order valence-electron chi connectivity index (χ4n) is 3.19. The first-order chi connectivity index (χ1) is 12.6. The van der Waals surface area contributed by atoms with Crippen molar-refractivity contribution in [3.05, 3.63) is 53.7 Å². The van der Waals surface area contributed by atoms with Gasteiger partial charge in [-0.05, 0) is 18.2 Å². The van der Waals surface area contributed by atoms with Crippen molar-refractivity contribution >= 4 is 17.7 Å². The average Bonchev–Trinajstić information content (AvgIpc) is 3.22. The predicted octanol–water partition coefficient (Wildman–Crippen LogP) is 0.753. The van der Waals surface area contributed by atoms with Crippen LogP contribution in [0.25, 0.3) is 0 Å². The lowest BCUT2D eigenvalue weighted by Gasteiger charge is -2.20. The van der Waals surface area contributed by atoms with E-state index in [0.29, 0.717) is 36.5 Å². The van der Waals surface area contributed by atoms with Gasteiger partial charge in [0.05, 0.1) is 17.7 Å². The molecule has 3 heterocycles. The zero-order chi connectivity index (χ0) is 18.1. The molecule has 2 aliphatic heterocycles. The number of benzene rings is 1. The number of rotatable bonds is 4. The third-order valence-electron chi connectivity index (χ3n) is 4.50. The zero-order valence-electron chi connectivity index (χ0n) is 13.9. The molecule has 0 N–H and O–H groups in total. The summed E-state index contributed by atoms with van der Waals surface area (Å²) in [4.78, 5) is 39.9. The number of ether oxygens (including phenoxy) is 1. The van der Waals surface area contributed by atoms with E-state index in [1.807, 2.05) is 0 Å². The SMILES string of the molecule is O=C(CN1C(=O)c2ccccc2C1=O)N1CCC(Oc2cccnn2)C1. The molecule has 26 heavy (non-hydrogen) atoms. The predicted molar refractivity (Wildman–Crippen MR) is 89.5 cm³/mol. The summed E-state index contributed by atoms with van der Waals surface area (Å²) < 4.78 is 5.70. The van der Waals surface area contributed by atoms with Crippen molar-refractivity contribution < 1.29 is 19.1 Å². The number of hydrogen-bond donors (Lipinski definition) is 0. The van der Waals surface area contributed by atoms with Crippen LogP contribution < -0.4 is 4.74 Å². The number of fused-ring (bicyclic) bond motifs is 1. The summed E-state index contributed by atoms with van der Waals surface area (Å²) in [5, 5.41) is 7.61. The van der Waals surface area contributed by atoms with Gasteiger partial charge in [0.1, 0.15) is 12.6 Å². The van der Waals surface area contributed by atoms with Crippen LogP contribution >= 0.6 is 0 Å². The monoisotopic (exact) mass is 352 g/mol. The topological polar surface area (TPSA) is 92.7 Å². The summed E-state index contributed by atoms with van der Waals surface area (Å²) in [6.07, 6.45) is 2.03. The summed E-state index contributed by atoms with van der Waals surface area (Å²) in [5.74, 6) is -0.715. The summed E-state index contributed by atoms with van der Waals surface area (Å²) in [5.41, 5.74) is 0.686. The Balaban J connectivity index is 1.38. The van der Waals surface area contributed by atoms with Crippen molar-refractivity contribution in [1.29, 1.82) is 0 Å². The highest BCUT2D eigenvalue weighted by atomic mass is 16.5. The molecule has 0 radical (unpaired) electrons. The normalized spacial score (nSPS) is 19.0. The van der Waals surface area contributed by atoms with Gasteiger partial charge in [0, 0.05) is 25.2 Å². The van der Waals surface area contributed by atoms with Gasteiger partial charge in [0.25, 0.3) is 11.8 Å². The number of carbonyl (C=O) groups is 3. The van der Waals surface area contributed by atoms with E-state index in [1.165, 1.54) is 0 Å². The molecule has 3 amide bonds. The second kappa shape index (κ2) is 6.55. The molecule has 4 rings (SSSR count). The van der Waals surface area contributed by atoms with Crippen molar-refractivity contribution in [1.82, 2.24) is 20.0 Å². The molecule has 8 heteroatoms. The van der Waals surface area contributed by atoms with Gasteiger partial charge in [0.15, 0.2) is 0 Å². The van der Waals surface area contributed by atoms with E-state index >= 15 is 0 Å². The Labute approximate surface area is 149 Å². The Morgan fingerprint density at radius 3 is 2.50 bits per heavy atom. The standard InChI is InChI=1S/C18H16N4O4/c23-16(11-22-17(24)13-4-1-2-5-14(13)18(22)25)21-9-7-12(10-21)26-15-6-3-8-19-20-15/h1-6,8,12H,7,9-11H2. The molecule has 0 saturated carbocycles. The summed E-state index contributed by atoms with van der Waals surface area (Å²) in [6.45, 7) is 0.635. The van der Waals surface area contributed by atoms with Crippen molar-refractivity contribution in [3.63, 3.8) is 0 Å². The first-order valence-electron chi connectivity index (χ1n) is 8.31. The van der Waals surface area contributed by atoms with E-state index in [9.17, 15) is 14.4 Å². The summed E-state index contributed by atoms with van der Waals surface area (Å²) in [6, 6.07) is 10.0. The second-order valence-corrected chi connectivity index (χ2v) is 6.17. The molecule has 0 aliphatic carbocycles. The van der Waals surface area contributed by atoms with Crippen LogP contribution in [-0.4, -0.2) is 63.5 Å². The van der Waals surface area contributed by atoms with Gasteiger partial charge in [-0.25, -0.2) is 0 Å². The molecule has 1 fully saturated rings. The maximum absolute atomic E-state index is 12.5. The van der Waals surface area contributed by atoms with E-state index in [-0.39, 0.29) is 18.6 Å². The van der Waals surface area contributed by atoms with Crippen molar-refractivity contribution in [3.8, 4) is 5.88 Å². The summed E-state index contributed by atoms with van der Waals surface area (Å²) >= 11 is 0. The van der Waals surface area contributed by atoms with E-state index < -0.39 is 11.8 Å². The van der Waals surface area contributed by atoms with Crippen molar-refractivity contribution in [2.24, 2.45) is 0 Å². The molecule has 132 valence electrons. The highest BCUT2D eigenvalue weighted by Crippen LogP contribution is 2.23. The third kappa shape index (κ3) is 2.90. The van der Waals surface area contributed by atoms with Crippen LogP contribution in [0.1, 0.15) is 27.1 Å². The maximum atomic E-state index is 12.5. The Bertz CT molecular complexity index is 836. The van der Waals surface area contributed by atoms with Crippen LogP contribution in [-0.2, 0) is 4.79 Å². The molecule has 0 spiro atoms. The molecule has 0 bridgehead atoms. The minimum absolute atomic E-state index is 0.183. The Kier molecular flexibility index (Phi) is 4.08. The lowest BCUT2D eigenvalue weighted by atomic mass is 10.1. The maximum Gasteiger partial charge on any atom is 0.262 e. The lowest BCUT2D eigenvalue weighted by molar-refractivity contribution is -0.130. The number of aromatic nitrogens is 2. The van der Waals surface area contributed by atoms with Crippen LogP contribution in [0, 0.1) is 0 Å². The van der Waals surface area contributed by atoms with Crippen LogP contribution in [0.4, 0.5) is 0 Å². The number of imide groups is 1. The molecule has 1 aromatic carbocycles. The molecular formula is C18H16N4O4. The number of hydrogen-bond acceptors (Lipinski definition) is 6. The molecule has 1 unspecified atom stereocenters. The van der Waals surface area contributed by atoms with Crippen molar-refractivity contribution in [2.45, 2.75) is 12.5 Å². The van der Waals surface area contributed by atoms with Crippen LogP contribution in [0.3, 0.4) is 0 Å². The Morgan fingerprint density at radius 2 is 1.85 bits per heavy atom. The highest BCUT2D eigenvalue weighted by molar-refractivity contribution is 6.22. The van der Waals surface area contributed by atoms with E-state index in [4.69, 9.17) is 4.74 Å². The number of amides is 3.